The molecule has 3 aromatic rings. The highest BCUT2D eigenvalue weighted by atomic mass is 16.5. The van der Waals surface area contributed by atoms with Crippen molar-refractivity contribution in [1.29, 1.82) is 0 Å². The summed E-state index contributed by atoms with van der Waals surface area (Å²) in [4.78, 5) is 27.5. The van der Waals surface area contributed by atoms with Gasteiger partial charge < -0.3 is 25.4 Å². The molecule has 1 fully saturated rings. The highest BCUT2D eigenvalue weighted by Gasteiger charge is 2.21. The fourth-order valence-corrected chi connectivity index (χ4v) is 3.69. The van der Waals surface area contributed by atoms with Gasteiger partial charge >= 0.3 is 0 Å². The van der Waals surface area contributed by atoms with Gasteiger partial charge in [0.1, 0.15) is 6.04 Å². The average molecular weight is 446 g/mol. The first-order chi connectivity index (χ1) is 16.1. The van der Waals surface area contributed by atoms with Gasteiger partial charge in [-0.2, -0.15) is 0 Å². The van der Waals surface area contributed by atoms with E-state index in [4.69, 9.17) is 4.74 Å². The van der Waals surface area contributed by atoms with Crippen LogP contribution in [0.25, 0.3) is 11.1 Å². The van der Waals surface area contributed by atoms with Crippen LogP contribution in [0.5, 0.6) is 0 Å². The minimum Gasteiger partial charge on any atom is -0.394 e. The lowest BCUT2D eigenvalue weighted by Gasteiger charge is -2.29. The van der Waals surface area contributed by atoms with Gasteiger partial charge in [-0.15, -0.1) is 0 Å². The Morgan fingerprint density at radius 3 is 2.15 bits per heavy atom. The van der Waals surface area contributed by atoms with Gasteiger partial charge in [-0.25, -0.2) is 0 Å². The van der Waals surface area contributed by atoms with Gasteiger partial charge in [0.15, 0.2) is 0 Å². The van der Waals surface area contributed by atoms with Crippen LogP contribution in [0.4, 0.5) is 11.4 Å². The van der Waals surface area contributed by atoms with Crippen molar-refractivity contribution in [3.05, 3.63) is 84.4 Å². The Kier molecular flexibility index (Phi) is 7.34. The fraction of sp³-hybridized carbons (Fsp3) is 0.231. The van der Waals surface area contributed by atoms with Crippen molar-refractivity contribution in [2.75, 3.05) is 43.1 Å². The maximum Gasteiger partial charge on any atom is 0.251 e. The quantitative estimate of drug-likeness (QED) is 0.520. The van der Waals surface area contributed by atoms with E-state index >= 15 is 0 Å². The number of carbonyl (C=O) groups is 2. The molecule has 0 bridgehead atoms. The zero-order valence-corrected chi connectivity index (χ0v) is 18.2. The predicted molar refractivity (Wildman–Crippen MR) is 128 cm³/mol. The number of rotatable bonds is 7. The van der Waals surface area contributed by atoms with Gasteiger partial charge in [-0.05, 0) is 47.5 Å². The molecule has 1 saturated heterocycles. The highest BCUT2D eigenvalue weighted by Crippen LogP contribution is 2.20. The van der Waals surface area contributed by atoms with E-state index in [1.54, 1.807) is 24.3 Å². The Balaban J connectivity index is 1.35. The van der Waals surface area contributed by atoms with Crippen LogP contribution < -0.4 is 15.5 Å². The Bertz CT molecular complexity index is 1060. The number of morpholine rings is 1. The molecule has 0 spiro atoms. The van der Waals surface area contributed by atoms with Gasteiger partial charge in [0.25, 0.3) is 5.91 Å². The Morgan fingerprint density at radius 2 is 1.52 bits per heavy atom. The molecule has 1 aliphatic rings. The summed E-state index contributed by atoms with van der Waals surface area (Å²) in [6, 6.07) is 23.4. The molecule has 3 aromatic carbocycles. The zero-order valence-electron chi connectivity index (χ0n) is 18.2. The zero-order chi connectivity index (χ0) is 23.0. The fourth-order valence-electron chi connectivity index (χ4n) is 3.69. The minimum atomic E-state index is -1.06. The SMILES string of the molecule is O=C(NC(CO)C(=O)Nc1ccc(N2CCOCC2)cc1)c1ccc(-c2ccccc2)cc1. The molecular weight excluding hydrogens is 418 g/mol. The monoisotopic (exact) mass is 445 g/mol. The summed E-state index contributed by atoms with van der Waals surface area (Å²) in [6.07, 6.45) is 0. The minimum absolute atomic E-state index is 0.413. The molecule has 0 aromatic heterocycles. The first-order valence-corrected chi connectivity index (χ1v) is 10.9. The van der Waals surface area contributed by atoms with Gasteiger partial charge in [0.05, 0.1) is 19.8 Å². The molecule has 1 atom stereocenters. The number of aliphatic hydroxyl groups is 1. The Labute approximate surface area is 193 Å². The van der Waals surface area contributed by atoms with Crippen molar-refractivity contribution in [3.8, 4) is 11.1 Å². The van der Waals surface area contributed by atoms with Crippen molar-refractivity contribution in [2.45, 2.75) is 6.04 Å². The van der Waals surface area contributed by atoms with Crippen LogP contribution in [-0.4, -0.2) is 55.9 Å². The lowest BCUT2D eigenvalue weighted by molar-refractivity contribution is -0.118. The van der Waals surface area contributed by atoms with Crippen LogP contribution in [0.3, 0.4) is 0 Å². The molecule has 33 heavy (non-hydrogen) atoms. The molecule has 1 heterocycles. The first-order valence-electron chi connectivity index (χ1n) is 10.9. The van der Waals surface area contributed by atoms with E-state index in [1.807, 2.05) is 54.6 Å². The molecule has 4 rings (SSSR count). The smallest absolute Gasteiger partial charge is 0.251 e. The number of ether oxygens (including phenoxy) is 1. The van der Waals surface area contributed by atoms with Crippen molar-refractivity contribution >= 4 is 23.2 Å². The largest absolute Gasteiger partial charge is 0.394 e. The van der Waals surface area contributed by atoms with E-state index in [1.165, 1.54) is 0 Å². The molecule has 0 aliphatic carbocycles. The van der Waals surface area contributed by atoms with Crippen molar-refractivity contribution in [1.82, 2.24) is 5.32 Å². The Hall–Kier alpha value is -3.68. The second kappa shape index (κ2) is 10.8. The number of amides is 2. The number of anilines is 2. The molecule has 1 unspecified atom stereocenters. The van der Waals surface area contributed by atoms with Gasteiger partial charge in [-0.3, -0.25) is 9.59 Å². The van der Waals surface area contributed by atoms with Crippen molar-refractivity contribution in [2.24, 2.45) is 0 Å². The summed E-state index contributed by atoms with van der Waals surface area (Å²) in [5.74, 6) is -0.905. The standard InChI is InChI=1S/C26H27N3O4/c30-18-24(26(32)27-22-10-12-23(13-11-22)29-14-16-33-17-15-29)28-25(31)21-8-6-20(7-9-21)19-4-2-1-3-5-19/h1-13,24,30H,14-18H2,(H,27,32)(H,28,31). The molecule has 1 aliphatic heterocycles. The molecule has 0 saturated carbocycles. The van der Waals surface area contributed by atoms with E-state index in [9.17, 15) is 14.7 Å². The second-order valence-electron chi connectivity index (χ2n) is 7.79. The van der Waals surface area contributed by atoms with E-state index in [0.29, 0.717) is 24.5 Å². The van der Waals surface area contributed by atoms with Crippen molar-refractivity contribution in [3.63, 3.8) is 0 Å². The van der Waals surface area contributed by atoms with E-state index in [2.05, 4.69) is 15.5 Å². The lowest BCUT2D eigenvalue weighted by atomic mass is 10.0. The topological polar surface area (TPSA) is 90.9 Å². The van der Waals surface area contributed by atoms with Crippen LogP contribution in [-0.2, 0) is 9.53 Å². The number of nitrogens with one attached hydrogen (secondary N) is 2. The average Bonchev–Trinajstić information content (AvgIpc) is 2.88. The number of hydrogen-bond acceptors (Lipinski definition) is 5. The van der Waals surface area contributed by atoms with Crippen LogP contribution >= 0.6 is 0 Å². The molecule has 2 amide bonds. The van der Waals surface area contributed by atoms with Crippen LogP contribution in [0.2, 0.25) is 0 Å². The summed E-state index contributed by atoms with van der Waals surface area (Å²) in [7, 11) is 0. The molecule has 7 nitrogen and oxygen atoms in total. The second-order valence-corrected chi connectivity index (χ2v) is 7.79. The maximum atomic E-state index is 12.6. The third-order valence-corrected chi connectivity index (χ3v) is 5.57. The third-order valence-electron chi connectivity index (χ3n) is 5.57. The van der Waals surface area contributed by atoms with Crippen molar-refractivity contribution < 1.29 is 19.4 Å². The number of nitrogens with zero attached hydrogens (tertiary/aromatic N) is 1. The summed E-state index contributed by atoms with van der Waals surface area (Å²) < 4.78 is 5.37. The summed E-state index contributed by atoms with van der Waals surface area (Å²) in [5.41, 5.74) is 4.11. The van der Waals surface area contributed by atoms with Crippen LogP contribution in [0.15, 0.2) is 78.9 Å². The summed E-state index contributed by atoms with van der Waals surface area (Å²) in [6.45, 7) is 2.55. The number of carbonyl (C=O) groups excluding carboxylic acids is 2. The van der Waals surface area contributed by atoms with Gasteiger partial charge in [-0.1, -0.05) is 42.5 Å². The number of benzene rings is 3. The van der Waals surface area contributed by atoms with Crippen LogP contribution in [0.1, 0.15) is 10.4 Å². The summed E-state index contributed by atoms with van der Waals surface area (Å²) in [5, 5.41) is 15.0. The third kappa shape index (κ3) is 5.77. The highest BCUT2D eigenvalue weighted by molar-refractivity contribution is 6.01. The number of hydrogen-bond donors (Lipinski definition) is 3. The van der Waals surface area contributed by atoms with E-state index in [0.717, 1.165) is 29.9 Å². The normalized spacial score (nSPS) is 14.4. The molecule has 7 heteroatoms. The van der Waals surface area contributed by atoms with Gasteiger partial charge in [0, 0.05) is 30.0 Å². The Morgan fingerprint density at radius 1 is 0.879 bits per heavy atom. The van der Waals surface area contributed by atoms with E-state index < -0.39 is 24.5 Å². The van der Waals surface area contributed by atoms with Gasteiger partial charge in [0.2, 0.25) is 5.91 Å². The maximum absolute atomic E-state index is 12.6. The number of aliphatic hydroxyl groups excluding tert-OH is 1. The molecular formula is C26H27N3O4. The molecule has 170 valence electrons. The lowest BCUT2D eigenvalue weighted by Crippen LogP contribution is -2.46. The summed E-state index contributed by atoms with van der Waals surface area (Å²) >= 11 is 0. The van der Waals surface area contributed by atoms with E-state index in [-0.39, 0.29) is 0 Å². The van der Waals surface area contributed by atoms with Crippen LogP contribution in [0, 0.1) is 0 Å². The first kappa shape index (κ1) is 22.5. The molecule has 0 radical (unpaired) electrons. The molecule has 3 N–H and O–H groups in total. The predicted octanol–water partition coefficient (Wildman–Crippen LogP) is 2.92.